The number of hydrazine groups is 1. The van der Waals surface area contributed by atoms with Crippen LogP contribution in [0, 0.1) is 5.41 Å². The molecule has 5 heteroatoms. The Kier molecular flexibility index (Phi) is 5.60. The Bertz CT molecular complexity index is 349. The summed E-state index contributed by atoms with van der Waals surface area (Å²) in [5, 5.41) is 4.16. The van der Waals surface area contributed by atoms with Crippen molar-refractivity contribution < 1.29 is 4.74 Å². The largest absolute Gasteiger partial charge is 0.376 e. The van der Waals surface area contributed by atoms with E-state index in [0.29, 0.717) is 6.61 Å². The molecule has 1 rings (SSSR count). The molecular formula is C12H21BrN2OS. The number of halogens is 1. The van der Waals surface area contributed by atoms with Gasteiger partial charge in [0.15, 0.2) is 0 Å². The molecule has 3 N–H and O–H groups in total. The summed E-state index contributed by atoms with van der Waals surface area (Å²) < 4.78 is 6.96. The SMILES string of the molecule is CCOC(C(NN)c1cscc1Br)C(C)(C)C. The first-order valence-corrected chi connectivity index (χ1v) is 7.44. The van der Waals surface area contributed by atoms with Crippen LogP contribution in [0.2, 0.25) is 0 Å². The minimum Gasteiger partial charge on any atom is -0.376 e. The van der Waals surface area contributed by atoms with Gasteiger partial charge in [0, 0.05) is 16.5 Å². The molecule has 0 saturated carbocycles. The lowest BCUT2D eigenvalue weighted by Gasteiger charge is -2.36. The summed E-state index contributed by atoms with van der Waals surface area (Å²) >= 11 is 5.21. The Labute approximate surface area is 116 Å². The van der Waals surface area contributed by atoms with Crippen molar-refractivity contribution in [3.05, 3.63) is 20.8 Å². The Balaban J connectivity index is 3.02. The predicted molar refractivity (Wildman–Crippen MR) is 77.0 cm³/mol. The maximum Gasteiger partial charge on any atom is 0.0831 e. The summed E-state index contributed by atoms with van der Waals surface area (Å²) in [4.78, 5) is 0. The third kappa shape index (κ3) is 3.76. The molecule has 0 bridgehead atoms. The molecule has 0 aliphatic heterocycles. The highest BCUT2D eigenvalue weighted by atomic mass is 79.9. The van der Waals surface area contributed by atoms with E-state index >= 15 is 0 Å². The molecule has 0 radical (unpaired) electrons. The third-order valence-corrected chi connectivity index (χ3v) is 4.41. The number of hydrogen-bond donors (Lipinski definition) is 2. The summed E-state index contributed by atoms with van der Waals surface area (Å²) in [5.41, 5.74) is 4.07. The fourth-order valence-electron chi connectivity index (χ4n) is 1.88. The zero-order valence-corrected chi connectivity index (χ0v) is 13.2. The fourth-order valence-corrected chi connectivity index (χ4v) is 3.46. The number of thiophene rings is 1. The minimum atomic E-state index is -0.00410. The Morgan fingerprint density at radius 1 is 1.47 bits per heavy atom. The molecule has 1 aromatic heterocycles. The lowest BCUT2D eigenvalue weighted by molar-refractivity contribution is -0.0367. The maximum absolute atomic E-state index is 5.88. The van der Waals surface area contributed by atoms with Crippen molar-refractivity contribution in [2.24, 2.45) is 11.3 Å². The molecular weight excluding hydrogens is 300 g/mol. The van der Waals surface area contributed by atoms with Crippen molar-refractivity contribution >= 4 is 27.3 Å². The highest BCUT2D eigenvalue weighted by molar-refractivity contribution is 9.10. The molecule has 0 aliphatic rings. The van der Waals surface area contributed by atoms with Crippen molar-refractivity contribution in [2.75, 3.05) is 6.61 Å². The Morgan fingerprint density at radius 2 is 2.12 bits per heavy atom. The summed E-state index contributed by atoms with van der Waals surface area (Å²) in [6.45, 7) is 9.19. The van der Waals surface area contributed by atoms with Gasteiger partial charge in [-0.1, -0.05) is 20.8 Å². The van der Waals surface area contributed by atoms with Crippen molar-refractivity contribution in [3.63, 3.8) is 0 Å². The number of nitrogens with two attached hydrogens (primary N) is 1. The highest BCUT2D eigenvalue weighted by Gasteiger charge is 2.34. The van der Waals surface area contributed by atoms with E-state index in [4.69, 9.17) is 10.6 Å². The monoisotopic (exact) mass is 320 g/mol. The lowest BCUT2D eigenvalue weighted by atomic mass is 9.83. The number of rotatable bonds is 5. The van der Waals surface area contributed by atoms with Crippen LogP contribution in [0.4, 0.5) is 0 Å². The van der Waals surface area contributed by atoms with Gasteiger partial charge < -0.3 is 4.74 Å². The number of ether oxygens (including phenoxy) is 1. The molecule has 2 unspecified atom stereocenters. The summed E-state index contributed by atoms with van der Waals surface area (Å²) in [7, 11) is 0. The molecule has 2 atom stereocenters. The van der Waals surface area contributed by atoms with Gasteiger partial charge in [0.2, 0.25) is 0 Å². The first kappa shape index (κ1) is 15.1. The molecule has 1 aromatic rings. The molecule has 0 aromatic carbocycles. The van der Waals surface area contributed by atoms with Crippen LogP contribution in [-0.2, 0) is 4.74 Å². The van der Waals surface area contributed by atoms with E-state index in [-0.39, 0.29) is 17.6 Å². The molecule has 0 amide bonds. The topological polar surface area (TPSA) is 47.3 Å². The lowest BCUT2D eigenvalue weighted by Crippen LogP contribution is -2.44. The van der Waals surface area contributed by atoms with E-state index in [1.165, 1.54) is 0 Å². The summed E-state index contributed by atoms with van der Waals surface area (Å²) in [5.74, 6) is 5.71. The fraction of sp³-hybridized carbons (Fsp3) is 0.667. The van der Waals surface area contributed by atoms with Gasteiger partial charge in [0.1, 0.15) is 0 Å². The molecule has 0 spiro atoms. The maximum atomic E-state index is 5.88. The quantitative estimate of drug-likeness (QED) is 0.645. The molecule has 0 fully saturated rings. The van der Waals surface area contributed by atoms with Crippen LogP contribution in [-0.4, -0.2) is 12.7 Å². The highest BCUT2D eigenvalue weighted by Crippen LogP contribution is 2.36. The van der Waals surface area contributed by atoms with Gasteiger partial charge >= 0.3 is 0 Å². The molecule has 1 heterocycles. The van der Waals surface area contributed by atoms with E-state index in [1.54, 1.807) is 11.3 Å². The first-order chi connectivity index (χ1) is 7.91. The van der Waals surface area contributed by atoms with E-state index in [9.17, 15) is 0 Å². The van der Waals surface area contributed by atoms with Crippen molar-refractivity contribution in [1.29, 1.82) is 0 Å². The zero-order chi connectivity index (χ0) is 13.1. The van der Waals surface area contributed by atoms with Gasteiger partial charge in [-0.3, -0.25) is 11.3 Å². The molecule has 0 aliphatic carbocycles. The minimum absolute atomic E-state index is 0.00410. The van der Waals surface area contributed by atoms with Crippen LogP contribution in [0.3, 0.4) is 0 Å². The van der Waals surface area contributed by atoms with Gasteiger partial charge in [0.25, 0.3) is 0 Å². The van der Waals surface area contributed by atoms with E-state index < -0.39 is 0 Å². The van der Waals surface area contributed by atoms with Gasteiger partial charge in [-0.25, -0.2) is 0 Å². The third-order valence-electron chi connectivity index (χ3n) is 2.66. The molecule has 3 nitrogen and oxygen atoms in total. The number of nitrogens with one attached hydrogen (secondary N) is 1. The van der Waals surface area contributed by atoms with Crippen LogP contribution in [0.25, 0.3) is 0 Å². The normalized spacial score (nSPS) is 15.9. The molecule has 17 heavy (non-hydrogen) atoms. The summed E-state index contributed by atoms with van der Waals surface area (Å²) in [6.07, 6.45) is 0.0309. The van der Waals surface area contributed by atoms with Crippen molar-refractivity contribution in [3.8, 4) is 0 Å². The zero-order valence-electron chi connectivity index (χ0n) is 10.8. The van der Waals surface area contributed by atoms with Gasteiger partial charge in [-0.2, -0.15) is 11.3 Å². The van der Waals surface area contributed by atoms with E-state index in [2.05, 4.69) is 52.9 Å². The Hall–Kier alpha value is 0.0600. The Morgan fingerprint density at radius 3 is 2.47 bits per heavy atom. The predicted octanol–water partition coefficient (Wildman–Crippen LogP) is 3.47. The standard InChI is InChI=1S/C12H21BrN2OS/c1-5-16-11(12(2,3)4)10(15-14)8-6-17-7-9(8)13/h6-7,10-11,15H,5,14H2,1-4H3. The smallest absolute Gasteiger partial charge is 0.0831 e. The molecule has 98 valence electrons. The second kappa shape index (κ2) is 6.29. The van der Waals surface area contributed by atoms with E-state index in [0.717, 1.165) is 10.0 Å². The van der Waals surface area contributed by atoms with Crippen LogP contribution < -0.4 is 11.3 Å². The van der Waals surface area contributed by atoms with Crippen molar-refractivity contribution in [1.82, 2.24) is 5.43 Å². The van der Waals surface area contributed by atoms with Crippen LogP contribution in [0.1, 0.15) is 39.3 Å². The van der Waals surface area contributed by atoms with Gasteiger partial charge in [0.05, 0.1) is 12.1 Å². The van der Waals surface area contributed by atoms with Crippen LogP contribution in [0.5, 0.6) is 0 Å². The van der Waals surface area contributed by atoms with Crippen LogP contribution in [0.15, 0.2) is 15.2 Å². The van der Waals surface area contributed by atoms with Gasteiger partial charge in [-0.15, -0.1) is 0 Å². The van der Waals surface area contributed by atoms with E-state index in [1.807, 2.05) is 6.92 Å². The second-order valence-electron chi connectivity index (χ2n) is 5.06. The average molecular weight is 321 g/mol. The first-order valence-electron chi connectivity index (χ1n) is 5.71. The second-order valence-corrected chi connectivity index (χ2v) is 6.66. The van der Waals surface area contributed by atoms with Crippen molar-refractivity contribution in [2.45, 2.75) is 39.8 Å². The average Bonchev–Trinajstić information content (AvgIpc) is 2.63. The number of hydrogen-bond acceptors (Lipinski definition) is 4. The summed E-state index contributed by atoms with van der Waals surface area (Å²) in [6, 6.07) is -0.00410. The molecule has 0 saturated heterocycles. The van der Waals surface area contributed by atoms with Crippen LogP contribution >= 0.6 is 27.3 Å². The van der Waals surface area contributed by atoms with Gasteiger partial charge in [-0.05, 0) is 39.2 Å².